The first-order valence-corrected chi connectivity index (χ1v) is 8.01. The third kappa shape index (κ3) is 4.72. The molecule has 110 valence electrons. The smallest absolute Gasteiger partial charge is 0.246 e. The van der Waals surface area contributed by atoms with Gasteiger partial charge in [-0.2, -0.15) is 0 Å². The Balaban J connectivity index is 1.94. The highest BCUT2D eigenvalue weighted by Crippen LogP contribution is 2.23. The number of ether oxygens (including phenoxy) is 1. The lowest BCUT2D eigenvalue weighted by Gasteiger charge is -2.13. The molecule has 0 radical (unpaired) electrons. The fourth-order valence-corrected chi connectivity index (χ4v) is 3.29. The molecule has 21 heavy (non-hydrogen) atoms. The van der Waals surface area contributed by atoms with Gasteiger partial charge >= 0.3 is 0 Å². The number of likely N-dealkylation sites (N-methyl/N-ethyl adjacent to an activating group) is 1. The molecule has 0 aliphatic carbocycles. The number of hydrogen-bond donors (Lipinski definition) is 0. The van der Waals surface area contributed by atoms with E-state index in [1.54, 1.807) is 36.5 Å². The summed E-state index contributed by atoms with van der Waals surface area (Å²) < 4.78 is 6.18. The van der Waals surface area contributed by atoms with Crippen LogP contribution in [-0.4, -0.2) is 25.0 Å². The zero-order valence-electron chi connectivity index (χ0n) is 11.9. The topological polar surface area (TPSA) is 29.5 Å². The van der Waals surface area contributed by atoms with Crippen LogP contribution in [0.4, 0.5) is 0 Å². The number of benzene rings is 1. The van der Waals surface area contributed by atoms with Crippen LogP contribution >= 0.6 is 27.3 Å². The number of nitrogens with zero attached hydrogens (tertiary/aromatic N) is 1. The third-order valence-corrected chi connectivity index (χ3v) is 4.54. The van der Waals surface area contributed by atoms with Crippen LogP contribution in [0.2, 0.25) is 0 Å². The average molecular weight is 366 g/mol. The van der Waals surface area contributed by atoms with Gasteiger partial charge < -0.3 is 9.64 Å². The number of carbonyl (C=O) groups is 1. The van der Waals surface area contributed by atoms with Crippen molar-refractivity contribution in [2.45, 2.75) is 6.54 Å². The van der Waals surface area contributed by atoms with Crippen molar-refractivity contribution < 1.29 is 9.53 Å². The molecular formula is C16H16BrNO2S. The van der Waals surface area contributed by atoms with Crippen molar-refractivity contribution in [3.63, 3.8) is 0 Å². The molecular weight excluding hydrogens is 350 g/mol. The number of hydrogen-bond acceptors (Lipinski definition) is 3. The van der Waals surface area contributed by atoms with Crippen LogP contribution < -0.4 is 4.74 Å². The molecule has 0 N–H and O–H groups in total. The maximum atomic E-state index is 12.1. The minimum absolute atomic E-state index is 0.0182. The number of rotatable bonds is 5. The molecule has 1 amide bonds. The molecule has 3 nitrogen and oxygen atoms in total. The van der Waals surface area contributed by atoms with Crippen molar-refractivity contribution in [2.75, 3.05) is 14.2 Å². The van der Waals surface area contributed by atoms with Crippen molar-refractivity contribution in [3.8, 4) is 5.75 Å². The van der Waals surface area contributed by atoms with E-state index in [1.165, 1.54) is 0 Å². The Morgan fingerprint density at radius 3 is 2.57 bits per heavy atom. The molecule has 1 aromatic carbocycles. The lowest BCUT2D eigenvalue weighted by atomic mass is 10.2. The van der Waals surface area contributed by atoms with Gasteiger partial charge in [0.2, 0.25) is 5.91 Å². The van der Waals surface area contributed by atoms with Gasteiger partial charge in [0.1, 0.15) is 5.75 Å². The Kier molecular flexibility index (Phi) is 5.59. The van der Waals surface area contributed by atoms with Crippen molar-refractivity contribution in [3.05, 3.63) is 56.7 Å². The third-order valence-electron chi connectivity index (χ3n) is 2.93. The second-order valence-corrected chi connectivity index (χ2v) is 7.05. The van der Waals surface area contributed by atoms with Gasteiger partial charge in [-0.05, 0) is 51.8 Å². The number of carbonyl (C=O) groups excluding carboxylic acids is 1. The molecule has 5 heteroatoms. The van der Waals surface area contributed by atoms with Gasteiger partial charge in [0.25, 0.3) is 0 Å². The van der Waals surface area contributed by atoms with E-state index in [0.29, 0.717) is 6.54 Å². The molecule has 0 spiro atoms. The molecule has 1 aromatic heterocycles. The summed E-state index contributed by atoms with van der Waals surface area (Å²) in [6.07, 6.45) is 3.40. The van der Waals surface area contributed by atoms with E-state index in [9.17, 15) is 4.79 Å². The fourth-order valence-electron chi connectivity index (χ4n) is 1.76. The maximum Gasteiger partial charge on any atom is 0.246 e. The predicted octanol–water partition coefficient (Wildman–Crippen LogP) is 4.19. The number of amides is 1. The molecule has 0 bridgehead atoms. The van der Waals surface area contributed by atoms with Crippen LogP contribution in [0.5, 0.6) is 5.75 Å². The lowest BCUT2D eigenvalue weighted by molar-refractivity contribution is -0.125. The summed E-state index contributed by atoms with van der Waals surface area (Å²) in [5, 5.41) is 0. The second-order valence-electron chi connectivity index (χ2n) is 4.51. The standard InChI is InChI=1S/C16H16BrNO2S/c1-18(11-14-8-9-15(17)21-14)16(19)10-5-12-3-6-13(20-2)7-4-12/h3-10H,11H2,1-2H3/b10-5+. The molecule has 0 fully saturated rings. The maximum absolute atomic E-state index is 12.1. The Morgan fingerprint density at radius 2 is 2.00 bits per heavy atom. The van der Waals surface area contributed by atoms with E-state index in [1.807, 2.05) is 42.5 Å². The zero-order chi connectivity index (χ0) is 15.2. The number of methoxy groups -OCH3 is 1. The van der Waals surface area contributed by atoms with Gasteiger partial charge in [-0.1, -0.05) is 12.1 Å². The molecule has 0 aliphatic rings. The first-order valence-electron chi connectivity index (χ1n) is 6.40. The van der Waals surface area contributed by atoms with Gasteiger partial charge in [0.15, 0.2) is 0 Å². The molecule has 0 aliphatic heterocycles. The van der Waals surface area contributed by atoms with Crippen LogP contribution in [0.15, 0.2) is 46.3 Å². The van der Waals surface area contributed by atoms with Gasteiger partial charge in [-0.3, -0.25) is 4.79 Å². The average Bonchev–Trinajstić information content (AvgIpc) is 2.90. The van der Waals surface area contributed by atoms with Crippen molar-refractivity contribution in [1.29, 1.82) is 0 Å². The molecule has 2 aromatic rings. The predicted molar refractivity (Wildman–Crippen MR) is 90.5 cm³/mol. The normalized spacial score (nSPS) is 10.8. The Hall–Kier alpha value is -1.59. The molecule has 0 unspecified atom stereocenters. The van der Waals surface area contributed by atoms with Gasteiger partial charge in [-0.15, -0.1) is 11.3 Å². The van der Waals surface area contributed by atoms with Gasteiger partial charge in [0, 0.05) is 18.0 Å². The second kappa shape index (κ2) is 7.43. The zero-order valence-corrected chi connectivity index (χ0v) is 14.3. The van der Waals surface area contributed by atoms with E-state index in [-0.39, 0.29) is 5.91 Å². The molecule has 0 saturated heterocycles. The Bertz CT molecular complexity index is 634. The van der Waals surface area contributed by atoms with Crippen LogP contribution in [0.25, 0.3) is 6.08 Å². The van der Waals surface area contributed by atoms with Crippen molar-refractivity contribution in [2.24, 2.45) is 0 Å². The minimum atomic E-state index is -0.0182. The Labute approximate surface area is 137 Å². The van der Waals surface area contributed by atoms with Crippen LogP contribution in [0.3, 0.4) is 0 Å². The largest absolute Gasteiger partial charge is 0.497 e. The SMILES string of the molecule is COc1ccc(/C=C/C(=O)N(C)Cc2ccc(Br)s2)cc1. The van der Waals surface area contributed by atoms with Crippen LogP contribution in [-0.2, 0) is 11.3 Å². The minimum Gasteiger partial charge on any atom is -0.497 e. The monoisotopic (exact) mass is 365 g/mol. The van der Waals surface area contributed by atoms with Crippen LogP contribution in [0.1, 0.15) is 10.4 Å². The van der Waals surface area contributed by atoms with E-state index >= 15 is 0 Å². The first kappa shape index (κ1) is 15.8. The molecule has 1 heterocycles. The summed E-state index contributed by atoms with van der Waals surface area (Å²) in [7, 11) is 3.43. The summed E-state index contributed by atoms with van der Waals surface area (Å²) in [6.45, 7) is 0.613. The summed E-state index contributed by atoms with van der Waals surface area (Å²) in [4.78, 5) is 14.9. The van der Waals surface area contributed by atoms with Crippen LogP contribution in [0, 0.1) is 0 Å². The highest BCUT2D eigenvalue weighted by atomic mass is 79.9. The fraction of sp³-hybridized carbons (Fsp3) is 0.188. The van der Waals surface area contributed by atoms with E-state index in [4.69, 9.17) is 4.74 Å². The first-order chi connectivity index (χ1) is 10.1. The number of thiophene rings is 1. The number of halogens is 1. The molecule has 2 rings (SSSR count). The quantitative estimate of drug-likeness (QED) is 0.743. The Morgan fingerprint density at radius 1 is 1.29 bits per heavy atom. The molecule has 0 atom stereocenters. The van der Waals surface area contributed by atoms with E-state index in [2.05, 4.69) is 15.9 Å². The highest BCUT2D eigenvalue weighted by molar-refractivity contribution is 9.11. The summed E-state index contributed by atoms with van der Waals surface area (Å²) in [5.41, 5.74) is 0.969. The molecule has 0 saturated carbocycles. The summed E-state index contributed by atoms with van der Waals surface area (Å²) in [5.74, 6) is 0.786. The van der Waals surface area contributed by atoms with E-state index < -0.39 is 0 Å². The summed E-state index contributed by atoms with van der Waals surface area (Å²) >= 11 is 5.06. The van der Waals surface area contributed by atoms with Gasteiger partial charge in [0.05, 0.1) is 17.4 Å². The van der Waals surface area contributed by atoms with Crippen molar-refractivity contribution in [1.82, 2.24) is 4.90 Å². The van der Waals surface area contributed by atoms with Gasteiger partial charge in [-0.25, -0.2) is 0 Å². The lowest BCUT2D eigenvalue weighted by Crippen LogP contribution is -2.23. The van der Waals surface area contributed by atoms with Crippen molar-refractivity contribution >= 4 is 39.2 Å². The summed E-state index contributed by atoms with van der Waals surface area (Å²) in [6, 6.07) is 11.6. The highest BCUT2D eigenvalue weighted by Gasteiger charge is 2.07. The van der Waals surface area contributed by atoms with E-state index in [0.717, 1.165) is 20.0 Å².